The van der Waals surface area contributed by atoms with E-state index in [-0.39, 0.29) is 48.3 Å². The van der Waals surface area contributed by atoms with Gasteiger partial charge in [0.2, 0.25) is 17.2 Å². The van der Waals surface area contributed by atoms with Crippen LogP contribution in [0, 0.1) is 46.3 Å². The molecule has 6 saturated heterocycles. The Hall–Kier alpha value is -1.85. The first kappa shape index (κ1) is 21.9. The highest BCUT2D eigenvalue weighted by Crippen LogP contribution is 2.97. The molecule has 7 heterocycles. The number of fused-ring (bicyclic) bond motifs is 2. The molecule has 5 saturated carbocycles. The Morgan fingerprint density at radius 2 is 1.79 bits per heavy atom. The number of hydrogen-bond acceptors (Lipinski definition) is 10. The Kier molecular flexibility index (Phi) is 2.97. The Morgan fingerprint density at radius 1 is 1.03 bits per heavy atom. The molecule has 0 aromatic rings. The van der Waals surface area contributed by atoms with Crippen LogP contribution in [-0.2, 0) is 38.1 Å². The molecule has 9 bridgehead atoms. The zero-order valence-corrected chi connectivity index (χ0v) is 21.6. The second-order valence-electron chi connectivity index (χ2n) is 14.6. The first-order chi connectivity index (χ1) is 17.7. The summed E-state index contributed by atoms with van der Waals surface area (Å²) >= 11 is 0. The number of esters is 2. The maximum Gasteiger partial charge on any atom is 0.333 e. The molecule has 2 N–H and O–H groups in total. The Morgan fingerprint density at radius 3 is 2.50 bits per heavy atom. The molecule has 12 rings (SSSR count). The molecule has 10 heteroatoms. The van der Waals surface area contributed by atoms with Crippen LogP contribution < -0.4 is 0 Å². The van der Waals surface area contributed by atoms with E-state index in [0.717, 1.165) is 0 Å². The fourth-order valence-electron chi connectivity index (χ4n) is 13.2. The predicted octanol–water partition coefficient (Wildman–Crippen LogP) is 0.373. The third kappa shape index (κ3) is 1.48. The number of aliphatic hydroxyl groups is 2. The minimum Gasteiger partial charge on any atom is -0.450 e. The number of hydrogen-bond donors (Lipinski definition) is 2. The van der Waals surface area contributed by atoms with E-state index in [1.165, 1.54) is 6.08 Å². The minimum absolute atomic E-state index is 0.0544. The third-order valence-electron chi connectivity index (χ3n) is 13.7. The van der Waals surface area contributed by atoms with Crippen LogP contribution in [0.3, 0.4) is 0 Å². The Labute approximate surface area is 217 Å². The van der Waals surface area contributed by atoms with E-state index in [1.54, 1.807) is 6.08 Å². The van der Waals surface area contributed by atoms with Crippen LogP contribution in [0.5, 0.6) is 0 Å². The molecular weight excluding hydrogens is 496 g/mol. The topological polar surface area (TPSA) is 138 Å². The number of ketones is 1. The van der Waals surface area contributed by atoms with Crippen molar-refractivity contribution in [3.8, 4) is 0 Å². The normalized spacial score (nSPS) is 69.6. The summed E-state index contributed by atoms with van der Waals surface area (Å²) in [5.41, 5.74) is -7.49. The predicted molar refractivity (Wildman–Crippen MR) is 120 cm³/mol. The fraction of sp³-hybridized carbons (Fsp3) is 0.821. The van der Waals surface area contributed by atoms with E-state index in [4.69, 9.17) is 23.7 Å². The van der Waals surface area contributed by atoms with Crippen molar-refractivity contribution >= 4 is 17.7 Å². The van der Waals surface area contributed by atoms with Crippen LogP contribution in [0.1, 0.15) is 47.0 Å². The zero-order valence-electron chi connectivity index (χ0n) is 21.6. The third-order valence-corrected chi connectivity index (χ3v) is 13.7. The molecule has 0 aromatic carbocycles. The van der Waals surface area contributed by atoms with E-state index >= 15 is 0 Å². The molecule has 15 atom stereocenters. The van der Waals surface area contributed by atoms with E-state index in [9.17, 15) is 24.6 Å². The minimum atomic E-state index is -2.26. The van der Waals surface area contributed by atoms with Gasteiger partial charge in [-0.3, -0.25) is 9.59 Å². The van der Waals surface area contributed by atoms with Crippen molar-refractivity contribution < 1.29 is 48.3 Å². The summed E-state index contributed by atoms with van der Waals surface area (Å²) in [5, 5.41) is 25.8. The number of ether oxygens (including phenoxy) is 5. The molecule has 10 nitrogen and oxygen atoms in total. The smallest absolute Gasteiger partial charge is 0.333 e. The van der Waals surface area contributed by atoms with Crippen molar-refractivity contribution in [2.24, 2.45) is 46.3 Å². The van der Waals surface area contributed by atoms with Crippen molar-refractivity contribution in [1.82, 2.24) is 0 Å². The van der Waals surface area contributed by atoms with Gasteiger partial charge in [0.05, 0.1) is 29.5 Å². The van der Waals surface area contributed by atoms with Gasteiger partial charge < -0.3 is 33.9 Å². The highest BCUT2D eigenvalue weighted by atomic mass is 16.8. The zero-order chi connectivity index (χ0) is 26.4. The monoisotopic (exact) mass is 526 g/mol. The molecule has 38 heavy (non-hydrogen) atoms. The maximum atomic E-state index is 14.9. The number of carbonyl (C=O) groups is 3. The second kappa shape index (κ2) is 5.16. The van der Waals surface area contributed by atoms with Crippen molar-refractivity contribution in [2.75, 3.05) is 0 Å². The molecule has 202 valence electrons. The first-order valence-electron chi connectivity index (χ1n) is 13.9. The van der Waals surface area contributed by atoms with E-state index in [0.29, 0.717) is 0 Å². The summed E-state index contributed by atoms with van der Waals surface area (Å²) in [7, 11) is 0. The highest BCUT2D eigenvalue weighted by molar-refractivity contribution is 5.98. The summed E-state index contributed by atoms with van der Waals surface area (Å²) in [4.78, 5) is 40.5. The van der Waals surface area contributed by atoms with Gasteiger partial charge in [-0.1, -0.05) is 13.8 Å². The fourth-order valence-corrected chi connectivity index (χ4v) is 13.2. The second-order valence-corrected chi connectivity index (χ2v) is 14.6. The molecule has 12 aliphatic rings. The lowest BCUT2D eigenvalue weighted by Gasteiger charge is -2.61. The molecule has 4 spiro atoms. The summed E-state index contributed by atoms with van der Waals surface area (Å²) in [6, 6.07) is 0. The van der Waals surface area contributed by atoms with Gasteiger partial charge in [0.25, 0.3) is 0 Å². The molecule has 11 fully saturated rings. The van der Waals surface area contributed by atoms with Gasteiger partial charge in [0, 0.05) is 17.9 Å². The Balaban J connectivity index is 1.30. The number of carbonyl (C=O) groups excluding carboxylic acids is 3. The average molecular weight is 527 g/mol. The van der Waals surface area contributed by atoms with Gasteiger partial charge in [-0.15, -0.1) is 0 Å². The molecule has 7 aliphatic heterocycles. The average Bonchev–Trinajstić information content (AvgIpc) is 3.22. The molecule has 0 radical (unpaired) electrons. The lowest BCUT2D eigenvalue weighted by Crippen LogP contribution is -2.77. The van der Waals surface area contributed by atoms with Crippen molar-refractivity contribution in [1.29, 1.82) is 0 Å². The van der Waals surface area contributed by atoms with Crippen LogP contribution in [0.25, 0.3) is 0 Å². The van der Waals surface area contributed by atoms with E-state index < -0.39 is 81.2 Å². The van der Waals surface area contributed by atoms with Gasteiger partial charge in [-0.2, -0.15) is 0 Å². The molecule has 0 aromatic heterocycles. The first-order valence-corrected chi connectivity index (χ1v) is 13.9. The van der Waals surface area contributed by atoms with Crippen LogP contribution in [0.4, 0.5) is 0 Å². The molecule has 5 aliphatic carbocycles. The summed E-state index contributed by atoms with van der Waals surface area (Å²) in [5.74, 6) is -7.72. The molecular formula is C28H30O10. The lowest BCUT2D eigenvalue weighted by molar-refractivity contribution is -0.431. The van der Waals surface area contributed by atoms with E-state index in [1.807, 2.05) is 20.8 Å². The van der Waals surface area contributed by atoms with Crippen molar-refractivity contribution in [3.05, 3.63) is 12.2 Å². The Bertz CT molecular complexity index is 1390. The van der Waals surface area contributed by atoms with Crippen molar-refractivity contribution in [2.45, 2.75) is 93.1 Å². The largest absolute Gasteiger partial charge is 0.450 e. The van der Waals surface area contributed by atoms with Gasteiger partial charge in [-0.05, 0) is 55.9 Å². The van der Waals surface area contributed by atoms with Crippen LogP contribution in [0.15, 0.2) is 12.2 Å². The van der Waals surface area contributed by atoms with Crippen LogP contribution in [0.2, 0.25) is 0 Å². The van der Waals surface area contributed by atoms with E-state index in [2.05, 4.69) is 6.92 Å². The van der Waals surface area contributed by atoms with Crippen LogP contribution >= 0.6 is 0 Å². The number of Topliss-reactive ketones (excluding diaryl/α,β-unsaturated/α-hetero) is 1. The SMILES string of the molecule is CC1C2C3C2(C)C2CC45OC6(C=CC(=O)O6)C12C3(O)C(=O)C4C1CC2C(C)(C)OC3CC(=O)OC32C5(O)O1. The van der Waals surface area contributed by atoms with Gasteiger partial charge in [0.1, 0.15) is 17.3 Å². The van der Waals surface area contributed by atoms with Crippen LogP contribution in [-0.4, -0.2) is 74.1 Å². The molecule has 0 amide bonds. The highest BCUT2D eigenvalue weighted by Gasteiger charge is 3.06. The quantitative estimate of drug-likeness (QED) is 0.426. The van der Waals surface area contributed by atoms with Gasteiger partial charge in [-0.25, -0.2) is 4.79 Å². The lowest BCUT2D eigenvalue weighted by atomic mass is 9.57. The molecule has 15 unspecified atom stereocenters. The van der Waals surface area contributed by atoms with Gasteiger partial charge in [0.15, 0.2) is 5.78 Å². The summed E-state index contributed by atoms with van der Waals surface area (Å²) < 4.78 is 32.0. The van der Waals surface area contributed by atoms with Crippen molar-refractivity contribution in [3.63, 3.8) is 0 Å². The maximum absolute atomic E-state index is 14.9. The summed E-state index contributed by atoms with van der Waals surface area (Å²) in [6.45, 7) is 7.94. The summed E-state index contributed by atoms with van der Waals surface area (Å²) in [6.07, 6.45) is 1.70. The number of rotatable bonds is 0. The van der Waals surface area contributed by atoms with Gasteiger partial charge >= 0.3 is 11.9 Å². The standard InChI is InChI=1S/C28H30O10/c1-10-17-19-22(17,4)13-9-23-18(20(31)26(19,32)25(10,13)24(38-23)6-5-15(29)36-24)11-7-12-21(2,3)35-14-8-16(30)37-27(12,14)28(23,33)34-11/h5-6,10-14,17-19,32-33H,7-9H2,1-4H3.